The van der Waals surface area contributed by atoms with Crippen molar-refractivity contribution < 1.29 is 5.11 Å². The Morgan fingerprint density at radius 1 is 1.62 bits per heavy atom. The quantitative estimate of drug-likeness (QED) is 0.794. The highest BCUT2D eigenvalue weighted by Crippen LogP contribution is 2.26. The Kier molecular flexibility index (Phi) is 3.24. The zero-order valence-corrected chi connectivity index (χ0v) is 9.72. The van der Waals surface area contributed by atoms with E-state index in [4.69, 9.17) is 0 Å². The van der Waals surface area contributed by atoms with Gasteiger partial charge in [-0.3, -0.25) is 0 Å². The minimum atomic E-state index is -0.238. The molecule has 1 aliphatic rings. The molecule has 1 aromatic heterocycles. The number of nitrogens with zero attached hydrogens (tertiary/aromatic N) is 3. The van der Waals surface area contributed by atoms with Crippen LogP contribution in [-0.2, 0) is 0 Å². The molecule has 88 valence electrons. The van der Waals surface area contributed by atoms with E-state index in [1.54, 1.807) is 13.2 Å². The third-order valence-corrected chi connectivity index (χ3v) is 3.02. The molecule has 5 nitrogen and oxygen atoms in total. The molecule has 0 amide bonds. The van der Waals surface area contributed by atoms with Crippen LogP contribution >= 0.6 is 0 Å². The summed E-state index contributed by atoms with van der Waals surface area (Å²) in [4.78, 5) is 10.6. The topological polar surface area (TPSA) is 61.3 Å². The van der Waals surface area contributed by atoms with Gasteiger partial charge >= 0.3 is 0 Å². The molecule has 5 heteroatoms. The van der Waals surface area contributed by atoms with Gasteiger partial charge in [-0.05, 0) is 18.9 Å². The van der Waals surface area contributed by atoms with Gasteiger partial charge in [0.25, 0.3) is 0 Å². The monoisotopic (exact) mass is 222 g/mol. The number of hydrogen-bond donors (Lipinski definition) is 2. The van der Waals surface area contributed by atoms with Gasteiger partial charge in [-0.25, -0.2) is 4.98 Å². The van der Waals surface area contributed by atoms with Crippen molar-refractivity contribution >= 4 is 11.8 Å². The zero-order chi connectivity index (χ0) is 11.5. The van der Waals surface area contributed by atoms with Crippen molar-refractivity contribution in [2.45, 2.75) is 31.9 Å². The smallest absolute Gasteiger partial charge is 0.224 e. The number of hydrogen-bond acceptors (Lipinski definition) is 5. The first-order chi connectivity index (χ1) is 7.74. The molecule has 0 spiro atoms. The maximum atomic E-state index is 9.69. The molecule has 2 rings (SSSR count). The van der Waals surface area contributed by atoms with Crippen molar-refractivity contribution in [1.29, 1.82) is 0 Å². The normalized spacial score (nSPS) is 24.8. The van der Waals surface area contributed by atoms with Gasteiger partial charge in [-0.15, -0.1) is 0 Å². The summed E-state index contributed by atoms with van der Waals surface area (Å²) in [5, 5.41) is 12.6. The highest BCUT2D eigenvalue weighted by Gasteiger charge is 2.30. The van der Waals surface area contributed by atoms with Gasteiger partial charge in [0.05, 0.1) is 6.10 Å². The average molecular weight is 222 g/mol. The lowest BCUT2D eigenvalue weighted by Crippen LogP contribution is -2.30. The number of aliphatic hydroxyl groups excluding tert-OH is 1. The third kappa shape index (κ3) is 2.09. The van der Waals surface area contributed by atoms with Gasteiger partial charge in [-0.1, -0.05) is 6.92 Å². The number of rotatable bonds is 3. The van der Waals surface area contributed by atoms with Gasteiger partial charge in [0.15, 0.2) is 0 Å². The summed E-state index contributed by atoms with van der Waals surface area (Å²) in [5.41, 5.74) is 0. The molecule has 0 aromatic carbocycles. The summed E-state index contributed by atoms with van der Waals surface area (Å²) in [6.45, 7) is 2.80. The highest BCUT2D eigenvalue weighted by atomic mass is 16.3. The largest absolute Gasteiger partial charge is 0.391 e. The van der Waals surface area contributed by atoms with E-state index in [1.807, 2.05) is 6.07 Å². The van der Waals surface area contributed by atoms with Crippen LogP contribution in [0.2, 0.25) is 0 Å². The second-order valence-corrected chi connectivity index (χ2v) is 4.09. The Hall–Kier alpha value is -1.36. The molecule has 0 aliphatic carbocycles. The fraction of sp³-hybridized carbons (Fsp3) is 0.636. The van der Waals surface area contributed by atoms with E-state index < -0.39 is 0 Å². The van der Waals surface area contributed by atoms with E-state index in [1.165, 1.54) is 0 Å². The van der Waals surface area contributed by atoms with E-state index in [9.17, 15) is 5.11 Å². The third-order valence-electron chi connectivity index (χ3n) is 3.02. The van der Waals surface area contributed by atoms with E-state index >= 15 is 0 Å². The zero-order valence-electron chi connectivity index (χ0n) is 9.72. The molecular formula is C11H18N4O. The van der Waals surface area contributed by atoms with Crippen LogP contribution in [0.25, 0.3) is 0 Å². The molecule has 0 bridgehead atoms. The molecule has 2 heterocycles. The number of nitrogens with one attached hydrogen (secondary N) is 1. The lowest BCUT2D eigenvalue weighted by Gasteiger charge is -2.24. The highest BCUT2D eigenvalue weighted by molar-refractivity contribution is 5.44. The molecule has 1 unspecified atom stereocenters. The number of aliphatic hydroxyl groups is 1. The second-order valence-electron chi connectivity index (χ2n) is 4.09. The Morgan fingerprint density at radius 2 is 2.44 bits per heavy atom. The Bertz CT molecular complexity index is 358. The van der Waals surface area contributed by atoms with Gasteiger partial charge in [0.2, 0.25) is 5.95 Å². The Balaban J connectivity index is 2.22. The molecule has 1 saturated heterocycles. The molecule has 16 heavy (non-hydrogen) atoms. The molecule has 0 radical (unpaired) electrons. The summed E-state index contributed by atoms with van der Waals surface area (Å²) < 4.78 is 0. The number of β-amino-alcohol motifs (C(OH)–C–C–N with tert-alkyl or cyclic N) is 1. The van der Waals surface area contributed by atoms with Gasteiger partial charge < -0.3 is 15.3 Å². The van der Waals surface area contributed by atoms with Crippen LogP contribution in [0.4, 0.5) is 11.8 Å². The van der Waals surface area contributed by atoms with Crippen molar-refractivity contribution in [2.24, 2.45) is 0 Å². The van der Waals surface area contributed by atoms with Crippen molar-refractivity contribution in [3.8, 4) is 0 Å². The SMILES string of the molecule is CCC1C[C@@H](O)CN1c1ccnc(NC)n1. The Morgan fingerprint density at radius 3 is 3.12 bits per heavy atom. The molecule has 2 atom stereocenters. The van der Waals surface area contributed by atoms with E-state index in [0.29, 0.717) is 18.5 Å². The van der Waals surface area contributed by atoms with Crippen molar-refractivity contribution in [1.82, 2.24) is 9.97 Å². The summed E-state index contributed by atoms with van der Waals surface area (Å²) in [7, 11) is 1.80. The first kappa shape index (κ1) is 11.1. The van der Waals surface area contributed by atoms with Crippen molar-refractivity contribution in [2.75, 3.05) is 23.8 Å². The van der Waals surface area contributed by atoms with Crippen LogP contribution < -0.4 is 10.2 Å². The lowest BCUT2D eigenvalue weighted by molar-refractivity contribution is 0.194. The molecule has 1 aliphatic heterocycles. The molecule has 1 aromatic rings. The molecule has 2 N–H and O–H groups in total. The van der Waals surface area contributed by atoms with Gasteiger partial charge in [0, 0.05) is 25.8 Å². The van der Waals surface area contributed by atoms with E-state index in [2.05, 4.69) is 27.1 Å². The second kappa shape index (κ2) is 4.65. The number of anilines is 2. The number of aromatic nitrogens is 2. The maximum absolute atomic E-state index is 9.69. The van der Waals surface area contributed by atoms with Crippen LogP contribution in [0.1, 0.15) is 19.8 Å². The van der Waals surface area contributed by atoms with Crippen LogP contribution in [-0.4, -0.2) is 40.8 Å². The van der Waals surface area contributed by atoms with Crippen molar-refractivity contribution in [3.63, 3.8) is 0 Å². The summed E-state index contributed by atoms with van der Waals surface area (Å²) in [6, 6.07) is 2.27. The standard InChI is InChI=1S/C11H18N4O/c1-3-8-6-9(16)7-15(8)10-4-5-13-11(12-2)14-10/h4-5,8-9,16H,3,6-7H2,1-2H3,(H,12,13,14)/t8?,9-/m1/s1. The average Bonchev–Trinajstić information content (AvgIpc) is 2.70. The minimum Gasteiger partial charge on any atom is -0.391 e. The van der Waals surface area contributed by atoms with Crippen LogP contribution in [0.5, 0.6) is 0 Å². The van der Waals surface area contributed by atoms with Crippen molar-refractivity contribution in [3.05, 3.63) is 12.3 Å². The molecular weight excluding hydrogens is 204 g/mol. The first-order valence-electron chi connectivity index (χ1n) is 5.70. The molecule has 1 fully saturated rings. The van der Waals surface area contributed by atoms with Gasteiger partial charge in [-0.2, -0.15) is 4.98 Å². The summed E-state index contributed by atoms with van der Waals surface area (Å²) in [6.07, 6.45) is 3.36. The van der Waals surface area contributed by atoms with Crippen LogP contribution in [0.15, 0.2) is 12.3 Å². The predicted molar refractivity (Wildman–Crippen MR) is 63.6 cm³/mol. The van der Waals surface area contributed by atoms with E-state index in [-0.39, 0.29) is 6.10 Å². The van der Waals surface area contributed by atoms with E-state index in [0.717, 1.165) is 18.7 Å². The maximum Gasteiger partial charge on any atom is 0.224 e. The lowest BCUT2D eigenvalue weighted by atomic mass is 10.1. The van der Waals surface area contributed by atoms with Crippen LogP contribution in [0, 0.1) is 0 Å². The summed E-state index contributed by atoms with van der Waals surface area (Å²) in [5.74, 6) is 1.51. The fourth-order valence-corrected chi connectivity index (χ4v) is 2.19. The Labute approximate surface area is 95.5 Å². The first-order valence-corrected chi connectivity index (χ1v) is 5.70. The van der Waals surface area contributed by atoms with Crippen LogP contribution in [0.3, 0.4) is 0 Å². The fourth-order valence-electron chi connectivity index (χ4n) is 2.19. The predicted octanol–water partition coefficient (Wildman–Crippen LogP) is 0.868. The van der Waals surface area contributed by atoms with Gasteiger partial charge in [0.1, 0.15) is 5.82 Å². The summed E-state index contributed by atoms with van der Waals surface area (Å²) >= 11 is 0. The minimum absolute atomic E-state index is 0.238. The molecule has 0 saturated carbocycles.